The summed E-state index contributed by atoms with van der Waals surface area (Å²) in [6.45, 7) is -0.170. The molecule has 2 aromatic heterocycles. The second-order valence-corrected chi connectivity index (χ2v) is 6.72. The average molecular weight is 462 g/mol. The van der Waals surface area contributed by atoms with E-state index < -0.39 is 42.2 Å². The number of benzene rings is 1. The van der Waals surface area contributed by atoms with Crippen LogP contribution in [0.25, 0.3) is 22.4 Å². The number of nitrogens with two attached hydrogens (primary N) is 1. The van der Waals surface area contributed by atoms with Crippen molar-refractivity contribution < 1.29 is 40.3 Å². The number of ether oxygens (including phenoxy) is 1. The Kier molecular flexibility index (Phi) is 6.05. The molecule has 2 heterocycles. The minimum absolute atomic E-state index is 0.0389. The van der Waals surface area contributed by atoms with Gasteiger partial charge in [0.1, 0.15) is 23.5 Å². The van der Waals surface area contributed by atoms with Gasteiger partial charge in [-0.15, -0.1) is 0 Å². The van der Waals surface area contributed by atoms with E-state index in [0.717, 1.165) is 12.1 Å². The van der Waals surface area contributed by atoms with E-state index in [9.17, 15) is 31.1 Å². The number of carbonyl (C=O) groups excluding carboxylic acids is 1. The molecule has 1 aromatic carbocycles. The van der Waals surface area contributed by atoms with Gasteiger partial charge in [0.15, 0.2) is 11.5 Å². The van der Waals surface area contributed by atoms with Crippen LogP contribution in [0.5, 0.6) is 5.75 Å². The van der Waals surface area contributed by atoms with Crippen LogP contribution >= 0.6 is 0 Å². The number of aromatic nitrogens is 2. The van der Waals surface area contributed by atoms with Gasteiger partial charge in [-0.2, -0.15) is 26.3 Å². The maximum atomic E-state index is 13.1. The number of amides is 1. The smallest absolute Gasteiger partial charge is 0.433 e. The van der Waals surface area contributed by atoms with E-state index in [1.165, 1.54) is 26.2 Å². The molecule has 0 unspecified atom stereocenters. The number of nitrogens with one attached hydrogen (secondary N) is 1. The first kappa shape index (κ1) is 23.3. The van der Waals surface area contributed by atoms with Crippen molar-refractivity contribution in [2.45, 2.75) is 25.3 Å². The van der Waals surface area contributed by atoms with Crippen LogP contribution in [0, 0.1) is 0 Å². The number of fused-ring (bicyclic) bond motifs is 1. The molecular formula is C19H16F6N4O3. The number of rotatable bonds is 5. The van der Waals surface area contributed by atoms with Gasteiger partial charge in [-0.05, 0) is 31.2 Å². The fraction of sp³-hybridized carbons (Fsp3) is 0.316. The van der Waals surface area contributed by atoms with Gasteiger partial charge < -0.3 is 20.2 Å². The molecule has 0 bridgehead atoms. The fourth-order valence-electron chi connectivity index (χ4n) is 2.88. The third-order valence-electron chi connectivity index (χ3n) is 4.29. The highest BCUT2D eigenvalue weighted by atomic mass is 19.4. The predicted molar refractivity (Wildman–Crippen MR) is 99.8 cm³/mol. The molecule has 3 rings (SSSR count). The first-order valence-corrected chi connectivity index (χ1v) is 8.98. The lowest BCUT2D eigenvalue weighted by molar-refractivity contribution is -0.141. The normalized spacial score (nSPS) is 13.3. The summed E-state index contributed by atoms with van der Waals surface area (Å²) in [6, 6.07) is 3.69. The van der Waals surface area contributed by atoms with Crippen molar-refractivity contribution in [1.29, 1.82) is 0 Å². The maximum absolute atomic E-state index is 13.1. The topological polar surface area (TPSA) is 103 Å². The highest BCUT2D eigenvalue weighted by Gasteiger charge is 2.34. The van der Waals surface area contributed by atoms with Crippen molar-refractivity contribution in [3.05, 3.63) is 41.4 Å². The summed E-state index contributed by atoms with van der Waals surface area (Å²) in [5.74, 6) is -1.55. The van der Waals surface area contributed by atoms with Crippen LogP contribution in [0.15, 0.2) is 28.7 Å². The molecule has 0 aliphatic carbocycles. The Balaban J connectivity index is 2.13. The molecule has 3 N–H and O–H groups in total. The maximum Gasteiger partial charge on any atom is 0.433 e. The molecule has 0 radical (unpaired) electrons. The van der Waals surface area contributed by atoms with Crippen LogP contribution in [0.3, 0.4) is 0 Å². The number of hydrogen-bond donors (Lipinski definition) is 2. The molecule has 0 saturated heterocycles. The fourth-order valence-corrected chi connectivity index (χ4v) is 2.88. The molecule has 172 valence electrons. The Morgan fingerprint density at radius 1 is 1.16 bits per heavy atom. The van der Waals surface area contributed by atoms with Crippen molar-refractivity contribution in [2.75, 3.05) is 13.7 Å². The van der Waals surface area contributed by atoms with E-state index in [1.54, 1.807) is 5.32 Å². The van der Waals surface area contributed by atoms with Crippen molar-refractivity contribution >= 4 is 16.8 Å². The van der Waals surface area contributed by atoms with Gasteiger partial charge >= 0.3 is 12.4 Å². The number of pyridine rings is 1. The first-order valence-electron chi connectivity index (χ1n) is 8.98. The van der Waals surface area contributed by atoms with E-state index in [1.807, 2.05) is 0 Å². The highest BCUT2D eigenvalue weighted by molar-refractivity contribution is 5.98. The van der Waals surface area contributed by atoms with Crippen LogP contribution in [0.1, 0.15) is 34.9 Å². The summed E-state index contributed by atoms with van der Waals surface area (Å²) in [6.07, 6.45) is -9.35. The summed E-state index contributed by atoms with van der Waals surface area (Å²) in [5.41, 5.74) is 4.12. The number of methoxy groups -OCH3 is 1. The Morgan fingerprint density at radius 3 is 2.41 bits per heavy atom. The van der Waals surface area contributed by atoms with Crippen molar-refractivity contribution in [1.82, 2.24) is 15.3 Å². The number of halogens is 6. The van der Waals surface area contributed by atoms with Crippen LogP contribution < -0.4 is 15.8 Å². The number of oxazole rings is 1. The van der Waals surface area contributed by atoms with E-state index in [0.29, 0.717) is 0 Å². The van der Waals surface area contributed by atoms with Gasteiger partial charge in [0.2, 0.25) is 5.89 Å². The predicted octanol–water partition coefficient (Wildman–Crippen LogP) is 4.23. The van der Waals surface area contributed by atoms with Gasteiger partial charge in [-0.1, -0.05) is 0 Å². The van der Waals surface area contributed by atoms with Crippen LogP contribution in [-0.2, 0) is 6.18 Å². The van der Waals surface area contributed by atoms with Crippen LogP contribution in [0.4, 0.5) is 26.3 Å². The molecule has 7 nitrogen and oxygen atoms in total. The van der Waals surface area contributed by atoms with Crippen LogP contribution in [0.2, 0.25) is 0 Å². The summed E-state index contributed by atoms with van der Waals surface area (Å²) < 4.78 is 87.2. The van der Waals surface area contributed by atoms with E-state index in [4.69, 9.17) is 14.9 Å². The number of alkyl halides is 6. The third kappa shape index (κ3) is 4.77. The first-order chi connectivity index (χ1) is 14.8. The molecule has 0 saturated carbocycles. The summed E-state index contributed by atoms with van der Waals surface area (Å²) >= 11 is 0. The molecule has 3 aromatic rings. The zero-order chi connectivity index (χ0) is 23.8. The van der Waals surface area contributed by atoms with E-state index >= 15 is 0 Å². The van der Waals surface area contributed by atoms with E-state index in [2.05, 4.69) is 9.97 Å². The summed E-state index contributed by atoms with van der Waals surface area (Å²) in [5, 5.41) is 1.83. The second kappa shape index (κ2) is 8.30. The lowest BCUT2D eigenvalue weighted by Gasteiger charge is -2.11. The molecule has 0 fully saturated rings. The SMILES string of the molecule is COc1ccc(-c2nc(C(=O)NCC(F)(F)F)c([C@H](C)N)o2)c2ccc(C(F)(F)F)nc12. The molecule has 0 aliphatic heterocycles. The van der Waals surface area contributed by atoms with E-state index in [-0.39, 0.29) is 33.9 Å². The molecule has 0 spiro atoms. The molecule has 0 aliphatic rings. The minimum atomic E-state index is -4.70. The van der Waals surface area contributed by atoms with Crippen molar-refractivity contribution in [3.63, 3.8) is 0 Å². The van der Waals surface area contributed by atoms with Gasteiger partial charge in [0, 0.05) is 10.9 Å². The Bertz CT molecular complexity index is 1150. The quantitative estimate of drug-likeness (QED) is 0.550. The Labute approximate surface area is 176 Å². The second-order valence-electron chi connectivity index (χ2n) is 6.72. The molecule has 13 heteroatoms. The third-order valence-corrected chi connectivity index (χ3v) is 4.29. The molecular weight excluding hydrogens is 446 g/mol. The van der Waals surface area contributed by atoms with Gasteiger partial charge in [-0.25, -0.2) is 9.97 Å². The largest absolute Gasteiger partial charge is 0.494 e. The number of carbonyl (C=O) groups is 1. The van der Waals surface area contributed by atoms with Crippen molar-refractivity contribution in [3.8, 4) is 17.2 Å². The lowest BCUT2D eigenvalue weighted by atomic mass is 10.1. The summed E-state index contributed by atoms with van der Waals surface area (Å²) in [4.78, 5) is 19.8. The standard InChI is InChI=1S/C19H16F6N4O3/c1-8(26)15-14(16(30)27-7-18(20,21)22)29-17(32-15)10-3-5-11(31-2)13-9(10)4-6-12(28-13)19(23,24)25/h3-6,8H,7,26H2,1-2H3,(H,27,30)/t8-/m0/s1. The molecule has 32 heavy (non-hydrogen) atoms. The van der Waals surface area contributed by atoms with Crippen LogP contribution in [-0.4, -0.2) is 35.7 Å². The Hall–Kier alpha value is -3.35. The van der Waals surface area contributed by atoms with Gasteiger partial charge in [0.05, 0.1) is 13.2 Å². The molecule has 1 amide bonds. The van der Waals surface area contributed by atoms with Gasteiger partial charge in [0.25, 0.3) is 5.91 Å². The van der Waals surface area contributed by atoms with Crippen molar-refractivity contribution in [2.24, 2.45) is 5.73 Å². The summed E-state index contributed by atoms with van der Waals surface area (Å²) in [7, 11) is 1.25. The Morgan fingerprint density at radius 2 is 1.84 bits per heavy atom. The average Bonchev–Trinajstić information content (AvgIpc) is 3.15. The van der Waals surface area contributed by atoms with Gasteiger partial charge in [-0.3, -0.25) is 4.79 Å². The monoisotopic (exact) mass is 462 g/mol. The highest BCUT2D eigenvalue weighted by Crippen LogP contribution is 2.37. The molecule has 1 atom stereocenters. The number of hydrogen-bond acceptors (Lipinski definition) is 6. The lowest BCUT2D eigenvalue weighted by Crippen LogP contribution is -2.34. The number of nitrogens with zero attached hydrogens (tertiary/aromatic N) is 2. The zero-order valence-electron chi connectivity index (χ0n) is 16.6. The minimum Gasteiger partial charge on any atom is -0.494 e. The zero-order valence-corrected chi connectivity index (χ0v) is 16.6.